The smallest absolute Gasteiger partial charge is 0.299 e. The molecule has 1 aliphatic heterocycles. The Bertz CT molecular complexity index is 544. The van der Waals surface area contributed by atoms with Crippen molar-refractivity contribution in [2.45, 2.75) is 19.9 Å². The van der Waals surface area contributed by atoms with Crippen LogP contribution in [0.2, 0.25) is 0 Å². The van der Waals surface area contributed by atoms with Gasteiger partial charge in [0.1, 0.15) is 11.6 Å². The lowest BCUT2D eigenvalue weighted by Gasteiger charge is -2.18. The standard InChI is InChI=1S/C13H14F2N2O2/c1-7(2)16-5-6-17-11-9(15)4-3-8(14)10(11)12(18)13(17)19/h3-4,7,16H,5-6H2,1-2H3. The molecular formula is C13H14F2N2O2. The topological polar surface area (TPSA) is 49.4 Å². The second-order valence-electron chi connectivity index (χ2n) is 4.65. The van der Waals surface area contributed by atoms with E-state index in [9.17, 15) is 18.4 Å². The van der Waals surface area contributed by atoms with Gasteiger partial charge in [0.25, 0.3) is 11.7 Å². The van der Waals surface area contributed by atoms with E-state index < -0.39 is 28.9 Å². The number of carbonyl (C=O) groups is 2. The van der Waals surface area contributed by atoms with Crippen LogP contribution in [0.3, 0.4) is 0 Å². The molecule has 0 saturated heterocycles. The molecule has 0 atom stereocenters. The van der Waals surface area contributed by atoms with Crippen molar-refractivity contribution in [1.82, 2.24) is 5.32 Å². The summed E-state index contributed by atoms with van der Waals surface area (Å²) in [6, 6.07) is 1.98. The number of fused-ring (bicyclic) bond motifs is 1. The van der Waals surface area contributed by atoms with E-state index in [1.807, 2.05) is 13.8 Å². The fraction of sp³-hybridized carbons (Fsp3) is 0.385. The molecule has 1 amide bonds. The Kier molecular flexibility index (Phi) is 3.61. The fourth-order valence-electron chi connectivity index (χ4n) is 2.03. The number of hydrogen-bond acceptors (Lipinski definition) is 3. The molecule has 0 aromatic heterocycles. The lowest BCUT2D eigenvalue weighted by Crippen LogP contribution is -2.38. The first-order valence-corrected chi connectivity index (χ1v) is 6.01. The molecule has 0 unspecified atom stereocenters. The minimum Gasteiger partial charge on any atom is -0.313 e. The van der Waals surface area contributed by atoms with Crippen molar-refractivity contribution in [2.24, 2.45) is 0 Å². The van der Waals surface area contributed by atoms with E-state index in [0.29, 0.717) is 6.54 Å². The van der Waals surface area contributed by atoms with Crippen molar-refractivity contribution in [1.29, 1.82) is 0 Å². The van der Waals surface area contributed by atoms with Gasteiger partial charge in [-0.1, -0.05) is 13.8 Å². The molecule has 6 heteroatoms. The second kappa shape index (κ2) is 5.05. The average molecular weight is 268 g/mol. The maximum absolute atomic E-state index is 13.7. The van der Waals surface area contributed by atoms with Crippen LogP contribution in [0.1, 0.15) is 24.2 Å². The predicted molar refractivity (Wildman–Crippen MR) is 66.2 cm³/mol. The summed E-state index contributed by atoms with van der Waals surface area (Å²) < 4.78 is 27.3. The van der Waals surface area contributed by atoms with E-state index in [2.05, 4.69) is 5.32 Å². The number of nitrogens with zero attached hydrogens (tertiary/aromatic N) is 1. The number of Topliss-reactive ketones (excluding diaryl/α,β-unsaturated/α-hetero) is 1. The van der Waals surface area contributed by atoms with E-state index in [4.69, 9.17) is 0 Å². The van der Waals surface area contributed by atoms with E-state index >= 15 is 0 Å². The molecule has 102 valence electrons. The summed E-state index contributed by atoms with van der Waals surface area (Å²) >= 11 is 0. The van der Waals surface area contributed by atoms with E-state index in [1.54, 1.807) is 0 Å². The minimum absolute atomic E-state index is 0.121. The van der Waals surface area contributed by atoms with Crippen molar-refractivity contribution in [2.75, 3.05) is 18.0 Å². The van der Waals surface area contributed by atoms with Gasteiger partial charge in [0.05, 0.1) is 11.3 Å². The molecule has 0 radical (unpaired) electrons. The molecule has 1 N–H and O–H groups in total. The highest BCUT2D eigenvalue weighted by Gasteiger charge is 2.40. The van der Waals surface area contributed by atoms with Crippen LogP contribution in [0.15, 0.2) is 12.1 Å². The molecule has 0 fully saturated rings. The van der Waals surface area contributed by atoms with Crippen LogP contribution in [-0.2, 0) is 4.79 Å². The highest BCUT2D eigenvalue weighted by molar-refractivity contribution is 6.52. The number of rotatable bonds is 4. The Morgan fingerprint density at radius 3 is 2.47 bits per heavy atom. The predicted octanol–water partition coefficient (Wildman–Crippen LogP) is 1.49. The molecule has 1 aliphatic rings. The first-order chi connectivity index (χ1) is 8.93. The monoisotopic (exact) mass is 268 g/mol. The van der Waals surface area contributed by atoms with Crippen LogP contribution in [0.5, 0.6) is 0 Å². The number of hydrogen-bond donors (Lipinski definition) is 1. The third-order valence-corrected chi connectivity index (χ3v) is 2.90. The zero-order valence-corrected chi connectivity index (χ0v) is 10.7. The molecule has 1 aromatic rings. The lowest BCUT2D eigenvalue weighted by molar-refractivity contribution is -0.114. The zero-order valence-electron chi connectivity index (χ0n) is 10.7. The molecule has 0 aliphatic carbocycles. The van der Waals surface area contributed by atoms with Crippen molar-refractivity contribution < 1.29 is 18.4 Å². The molecule has 2 rings (SSSR count). The number of carbonyl (C=O) groups excluding carboxylic acids is 2. The quantitative estimate of drug-likeness (QED) is 0.842. The first kappa shape index (κ1) is 13.6. The van der Waals surface area contributed by atoms with Gasteiger partial charge in [0, 0.05) is 19.1 Å². The number of nitrogens with one attached hydrogen (secondary N) is 1. The molecule has 19 heavy (non-hydrogen) atoms. The van der Waals surface area contributed by atoms with Gasteiger partial charge >= 0.3 is 0 Å². The van der Waals surface area contributed by atoms with Crippen molar-refractivity contribution >= 4 is 17.4 Å². The van der Waals surface area contributed by atoms with Gasteiger partial charge < -0.3 is 10.2 Å². The second-order valence-corrected chi connectivity index (χ2v) is 4.65. The Morgan fingerprint density at radius 1 is 1.21 bits per heavy atom. The lowest BCUT2D eigenvalue weighted by atomic mass is 10.1. The molecule has 4 nitrogen and oxygen atoms in total. The van der Waals surface area contributed by atoms with Gasteiger partial charge in [0.2, 0.25) is 0 Å². The Balaban J connectivity index is 2.31. The van der Waals surface area contributed by atoms with Gasteiger partial charge in [-0.3, -0.25) is 9.59 Å². The normalized spacial score (nSPS) is 14.5. The maximum Gasteiger partial charge on any atom is 0.299 e. The van der Waals surface area contributed by atoms with E-state index in [-0.39, 0.29) is 18.3 Å². The zero-order chi connectivity index (χ0) is 14.2. The SMILES string of the molecule is CC(C)NCCN1C(=O)C(=O)c2c(F)ccc(F)c21. The fourth-order valence-corrected chi connectivity index (χ4v) is 2.03. The Hall–Kier alpha value is -1.82. The van der Waals surface area contributed by atoms with Crippen LogP contribution < -0.4 is 10.2 Å². The summed E-state index contributed by atoms with van der Waals surface area (Å²) in [5.74, 6) is -3.50. The van der Waals surface area contributed by atoms with Gasteiger partial charge in [-0.2, -0.15) is 0 Å². The van der Waals surface area contributed by atoms with Crippen molar-refractivity contribution in [3.63, 3.8) is 0 Å². The number of amides is 1. The minimum atomic E-state index is -0.989. The van der Waals surface area contributed by atoms with E-state index in [1.165, 1.54) is 0 Å². The third-order valence-electron chi connectivity index (χ3n) is 2.90. The number of anilines is 1. The van der Waals surface area contributed by atoms with Gasteiger partial charge in [0.15, 0.2) is 0 Å². The van der Waals surface area contributed by atoms with Gasteiger partial charge in [-0.05, 0) is 12.1 Å². The maximum atomic E-state index is 13.7. The molecular weight excluding hydrogens is 254 g/mol. The van der Waals surface area contributed by atoms with Crippen LogP contribution in [-0.4, -0.2) is 30.8 Å². The molecule has 0 spiro atoms. The largest absolute Gasteiger partial charge is 0.313 e. The first-order valence-electron chi connectivity index (χ1n) is 6.01. The Morgan fingerprint density at radius 2 is 1.84 bits per heavy atom. The van der Waals surface area contributed by atoms with Crippen LogP contribution >= 0.6 is 0 Å². The van der Waals surface area contributed by atoms with Crippen LogP contribution in [0.4, 0.5) is 14.5 Å². The molecule has 0 bridgehead atoms. The number of halogens is 2. The Labute approximate surface area is 109 Å². The summed E-state index contributed by atoms with van der Waals surface area (Å²) in [4.78, 5) is 24.4. The van der Waals surface area contributed by atoms with E-state index in [0.717, 1.165) is 17.0 Å². The van der Waals surface area contributed by atoms with Crippen molar-refractivity contribution in [3.05, 3.63) is 29.3 Å². The summed E-state index contributed by atoms with van der Waals surface area (Å²) in [5, 5.41) is 3.05. The van der Waals surface area contributed by atoms with Gasteiger partial charge in [-0.15, -0.1) is 0 Å². The molecule has 1 heterocycles. The highest BCUT2D eigenvalue weighted by Crippen LogP contribution is 2.33. The number of ketones is 1. The average Bonchev–Trinajstić information content (AvgIpc) is 2.59. The summed E-state index contributed by atoms with van der Waals surface area (Å²) in [6.07, 6.45) is 0. The van der Waals surface area contributed by atoms with Crippen LogP contribution in [0.25, 0.3) is 0 Å². The van der Waals surface area contributed by atoms with Crippen LogP contribution in [0, 0.1) is 11.6 Å². The number of benzene rings is 1. The van der Waals surface area contributed by atoms with Crippen molar-refractivity contribution in [3.8, 4) is 0 Å². The summed E-state index contributed by atoms with van der Waals surface area (Å²) in [5.41, 5.74) is -0.713. The summed E-state index contributed by atoms with van der Waals surface area (Å²) in [6.45, 7) is 4.36. The molecule has 0 saturated carbocycles. The third kappa shape index (κ3) is 2.35. The molecule has 1 aromatic carbocycles. The van der Waals surface area contributed by atoms with Gasteiger partial charge in [-0.25, -0.2) is 8.78 Å². The highest BCUT2D eigenvalue weighted by atomic mass is 19.1. The summed E-state index contributed by atoms with van der Waals surface area (Å²) in [7, 11) is 0.